The molecule has 1 saturated heterocycles. The molecule has 1 aromatic carbocycles. The van der Waals surface area contributed by atoms with Crippen LogP contribution in [0.5, 0.6) is 11.6 Å². The molecule has 3 aliphatic rings. The van der Waals surface area contributed by atoms with Crippen molar-refractivity contribution in [2.75, 3.05) is 13.7 Å². The fourth-order valence-corrected chi connectivity index (χ4v) is 5.89. The topological polar surface area (TPSA) is 136 Å². The summed E-state index contributed by atoms with van der Waals surface area (Å²) in [6.07, 6.45) is 4.68. The van der Waals surface area contributed by atoms with E-state index in [1.807, 2.05) is 24.3 Å². The van der Waals surface area contributed by atoms with Gasteiger partial charge in [-0.2, -0.15) is 0 Å². The summed E-state index contributed by atoms with van der Waals surface area (Å²) in [5.41, 5.74) is -1.29. The number of nitrogens with one attached hydrogen (secondary N) is 3. The lowest BCUT2D eigenvalue weighted by Gasteiger charge is -2.21. The molecular weight excluding hydrogens is 472 g/mol. The van der Waals surface area contributed by atoms with E-state index in [4.69, 9.17) is 9.47 Å². The quantitative estimate of drug-likeness (QED) is 0.435. The minimum Gasteiger partial charge on any atom is -0.497 e. The van der Waals surface area contributed by atoms with Gasteiger partial charge in [-0.05, 0) is 48.9 Å². The highest BCUT2D eigenvalue weighted by Gasteiger charge is 2.61. The highest BCUT2D eigenvalue weighted by atomic mass is 32.2. The Labute approximate surface area is 203 Å². The van der Waals surface area contributed by atoms with Crippen molar-refractivity contribution in [3.63, 3.8) is 0 Å². The standard InChI is InChI=1S/C24H28N4O6S/c1-3-15-12-24(15,23(30)28-35(31,32)18-5-6-18)27-21(29)20-11-17(13-26-20)34-22-19-7-4-16(33-2)10-14(19)8-9-25-22/h3-4,7-10,15,17-18,20,26H,1,5-6,11-13H2,2H3,(H,27,29)(H,28,30). The van der Waals surface area contributed by atoms with Crippen LogP contribution < -0.4 is 24.8 Å². The molecule has 2 aliphatic carbocycles. The van der Waals surface area contributed by atoms with Crippen molar-refractivity contribution in [3.8, 4) is 11.6 Å². The first-order valence-corrected chi connectivity index (χ1v) is 13.1. The first-order chi connectivity index (χ1) is 16.8. The third-order valence-corrected chi connectivity index (χ3v) is 8.69. The molecule has 4 atom stereocenters. The Kier molecular flexibility index (Phi) is 5.92. The Bertz CT molecular complexity index is 1290. The van der Waals surface area contributed by atoms with Gasteiger partial charge in [0.15, 0.2) is 0 Å². The zero-order chi connectivity index (χ0) is 24.8. The maximum atomic E-state index is 13.0. The van der Waals surface area contributed by atoms with Crippen LogP contribution in [-0.4, -0.2) is 61.8 Å². The van der Waals surface area contributed by atoms with E-state index in [1.54, 1.807) is 19.4 Å². The number of fused-ring (bicyclic) bond motifs is 1. The Morgan fingerprint density at radius 2 is 2.09 bits per heavy atom. The van der Waals surface area contributed by atoms with E-state index in [2.05, 4.69) is 26.9 Å². The summed E-state index contributed by atoms with van der Waals surface area (Å²) in [4.78, 5) is 30.2. The van der Waals surface area contributed by atoms with Crippen LogP contribution in [0.15, 0.2) is 43.1 Å². The van der Waals surface area contributed by atoms with Crippen LogP contribution >= 0.6 is 0 Å². The third-order valence-electron chi connectivity index (χ3n) is 6.87. The molecule has 11 heteroatoms. The van der Waals surface area contributed by atoms with Gasteiger partial charge >= 0.3 is 0 Å². The van der Waals surface area contributed by atoms with Gasteiger partial charge in [0.05, 0.1) is 18.4 Å². The first-order valence-electron chi connectivity index (χ1n) is 11.6. The molecule has 0 bridgehead atoms. The molecule has 5 rings (SSSR count). The van der Waals surface area contributed by atoms with E-state index in [9.17, 15) is 18.0 Å². The summed E-state index contributed by atoms with van der Waals surface area (Å²) < 4.78 is 38.0. The molecule has 186 valence electrons. The number of rotatable bonds is 9. The number of pyridine rings is 1. The summed E-state index contributed by atoms with van der Waals surface area (Å²) in [7, 11) is -2.11. The van der Waals surface area contributed by atoms with Crippen molar-refractivity contribution >= 4 is 32.6 Å². The van der Waals surface area contributed by atoms with Gasteiger partial charge < -0.3 is 20.1 Å². The molecule has 2 amide bonds. The third kappa shape index (κ3) is 4.57. The number of benzene rings is 1. The van der Waals surface area contributed by atoms with E-state index in [0.717, 1.165) is 16.5 Å². The Morgan fingerprint density at radius 1 is 1.29 bits per heavy atom. The van der Waals surface area contributed by atoms with E-state index in [1.165, 1.54) is 0 Å². The maximum absolute atomic E-state index is 13.0. The molecule has 3 N–H and O–H groups in total. The molecule has 3 fully saturated rings. The van der Waals surface area contributed by atoms with Crippen LogP contribution in [0.3, 0.4) is 0 Å². The van der Waals surface area contributed by atoms with Crippen molar-refractivity contribution in [1.82, 2.24) is 20.3 Å². The summed E-state index contributed by atoms with van der Waals surface area (Å²) in [6.45, 7) is 4.14. The molecule has 4 unspecified atom stereocenters. The van der Waals surface area contributed by atoms with Crippen LogP contribution in [0, 0.1) is 5.92 Å². The van der Waals surface area contributed by atoms with Gasteiger partial charge in [0.1, 0.15) is 17.4 Å². The number of nitrogens with zero attached hydrogens (tertiary/aromatic N) is 1. The average Bonchev–Trinajstić information content (AvgIpc) is 3.76. The van der Waals surface area contributed by atoms with Gasteiger partial charge in [-0.15, -0.1) is 6.58 Å². The summed E-state index contributed by atoms with van der Waals surface area (Å²) in [6, 6.07) is 6.88. The second-order valence-electron chi connectivity index (χ2n) is 9.32. The van der Waals surface area contributed by atoms with Crippen LogP contribution in [0.25, 0.3) is 10.8 Å². The number of hydrogen-bond donors (Lipinski definition) is 3. The monoisotopic (exact) mass is 500 g/mol. The smallest absolute Gasteiger partial charge is 0.259 e. The molecule has 2 saturated carbocycles. The number of methoxy groups -OCH3 is 1. The molecule has 35 heavy (non-hydrogen) atoms. The van der Waals surface area contributed by atoms with Gasteiger partial charge in [0, 0.05) is 30.5 Å². The largest absolute Gasteiger partial charge is 0.497 e. The predicted molar refractivity (Wildman–Crippen MR) is 128 cm³/mol. The highest BCUT2D eigenvalue weighted by molar-refractivity contribution is 7.91. The molecule has 2 aromatic rings. The van der Waals surface area contributed by atoms with E-state index in [0.29, 0.717) is 38.1 Å². The average molecular weight is 501 g/mol. The lowest BCUT2D eigenvalue weighted by atomic mass is 10.1. The Morgan fingerprint density at radius 3 is 2.77 bits per heavy atom. The predicted octanol–water partition coefficient (Wildman–Crippen LogP) is 1.02. The van der Waals surface area contributed by atoms with E-state index < -0.39 is 32.8 Å². The van der Waals surface area contributed by atoms with Gasteiger partial charge in [-0.25, -0.2) is 13.4 Å². The Balaban J connectivity index is 1.23. The molecule has 2 heterocycles. The van der Waals surface area contributed by atoms with Crippen molar-refractivity contribution < 1.29 is 27.5 Å². The number of ether oxygens (including phenoxy) is 2. The molecule has 1 aromatic heterocycles. The summed E-state index contributed by atoms with van der Waals surface area (Å²) in [5.74, 6) is -0.215. The van der Waals surface area contributed by atoms with Crippen LogP contribution in [-0.2, 0) is 19.6 Å². The first kappa shape index (κ1) is 23.6. The van der Waals surface area contributed by atoms with Crippen LogP contribution in [0.1, 0.15) is 25.7 Å². The molecule has 1 aliphatic heterocycles. The fraction of sp³-hybridized carbons (Fsp3) is 0.458. The number of sulfonamides is 1. The van der Waals surface area contributed by atoms with Gasteiger partial charge in [-0.3, -0.25) is 14.3 Å². The van der Waals surface area contributed by atoms with Gasteiger partial charge in [0.2, 0.25) is 21.8 Å². The van der Waals surface area contributed by atoms with Crippen molar-refractivity contribution in [2.45, 2.75) is 48.6 Å². The SMILES string of the molecule is C=CC1CC1(NC(=O)C1CC(Oc2nccc3cc(OC)ccc23)CN1)C(=O)NS(=O)(=O)C1CC1. The van der Waals surface area contributed by atoms with Crippen molar-refractivity contribution in [1.29, 1.82) is 0 Å². The molecule has 0 spiro atoms. The minimum absolute atomic E-state index is 0.305. The second kappa shape index (κ2) is 8.80. The highest BCUT2D eigenvalue weighted by Crippen LogP contribution is 2.45. The number of carbonyl (C=O) groups is 2. The van der Waals surface area contributed by atoms with Crippen LogP contribution in [0.4, 0.5) is 0 Å². The van der Waals surface area contributed by atoms with Crippen molar-refractivity contribution in [3.05, 3.63) is 43.1 Å². The number of amides is 2. The zero-order valence-electron chi connectivity index (χ0n) is 19.3. The zero-order valence-corrected chi connectivity index (χ0v) is 20.1. The number of aromatic nitrogens is 1. The normalized spacial score (nSPS) is 27.7. The van der Waals surface area contributed by atoms with Crippen LogP contribution in [0.2, 0.25) is 0 Å². The lowest BCUT2D eigenvalue weighted by Crippen LogP contribution is -2.55. The van der Waals surface area contributed by atoms with Crippen molar-refractivity contribution in [2.24, 2.45) is 5.92 Å². The summed E-state index contributed by atoms with van der Waals surface area (Å²) >= 11 is 0. The molecule has 10 nitrogen and oxygen atoms in total. The fourth-order valence-electron chi connectivity index (χ4n) is 4.52. The number of hydrogen-bond acceptors (Lipinski definition) is 8. The lowest BCUT2D eigenvalue weighted by molar-refractivity contribution is -0.130. The van der Waals surface area contributed by atoms with Gasteiger partial charge in [0.25, 0.3) is 5.91 Å². The maximum Gasteiger partial charge on any atom is 0.259 e. The molecular formula is C24H28N4O6S. The molecule has 0 radical (unpaired) electrons. The Hall–Kier alpha value is -3.18. The minimum atomic E-state index is -3.72. The number of carbonyl (C=O) groups excluding carboxylic acids is 2. The summed E-state index contributed by atoms with van der Waals surface area (Å²) in [5, 5.41) is 7.14. The van der Waals surface area contributed by atoms with E-state index in [-0.39, 0.29) is 17.9 Å². The second-order valence-corrected chi connectivity index (χ2v) is 11.3. The van der Waals surface area contributed by atoms with E-state index >= 15 is 0 Å². The van der Waals surface area contributed by atoms with Gasteiger partial charge in [-0.1, -0.05) is 6.08 Å².